The summed E-state index contributed by atoms with van der Waals surface area (Å²) in [5, 5.41) is 3.10. The molecular weight excluding hydrogens is 729 g/mol. The normalized spacial score (nSPS) is 11.3. The first-order valence-electron chi connectivity index (χ1n) is 20.2. The van der Waals surface area contributed by atoms with E-state index in [1.807, 2.05) is 18.2 Å². The average molecular weight is 765 g/mol. The van der Waals surface area contributed by atoms with Gasteiger partial charge in [-0.25, -0.2) is 19.9 Å². The fraction of sp³-hybridized carbons (Fsp3) is 0. The Balaban J connectivity index is 1.11. The Morgan fingerprint density at radius 2 is 0.700 bits per heavy atom. The molecule has 0 saturated carbocycles. The van der Waals surface area contributed by atoms with Crippen molar-refractivity contribution in [3.8, 4) is 78.5 Å². The minimum absolute atomic E-state index is 0.685. The summed E-state index contributed by atoms with van der Waals surface area (Å²) in [6, 6.07) is 76.1. The Kier molecular flexibility index (Phi) is 8.79. The van der Waals surface area contributed by atoms with Crippen molar-refractivity contribution in [2.45, 2.75) is 0 Å². The van der Waals surface area contributed by atoms with E-state index < -0.39 is 0 Å². The largest absolute Gasteiger partial charge is 0.245 e. The fourth-order valence-corrected chi connectivity index (χ4v) is 8.41. The summed E-state index contributed by atoms with van der Waals surface area (Å²) in [6.45, 7) is 0. The second-order valence-corrected chi connectivity index (χ2v) is 15.0. The number of pyridine rings is 2. The van der Waals surface area contributed by atoms with Crippen LogP contribution in [0.1, 0.15) is 0 Å². The third-order valence-electron chi connectivity index (χ3n) is 11.3. The van der Waals surface area contributed by atoms with E-state index in [0.717, 1.165) is 105 Å². The molecule has 4 heteroatoms. The number of benzene rings is 8. The van der Waals surface area contributed by atoms with Gasteiger partial charge < -0.3 is 0 Å². The van der Waals surface area contributed by atoms with Crippen molar-refractivity contribution in [1.82, 2.24) is 19.9 Å². The monoisotopic (exact) mass is 764 g/mol. The van der Waals surface area contributed by atoms with Crippen LogP contribution in [-0.4, -0.2) is 19.9 Å². The Hall–Kier alpha value is -8.08. The average Bonchev–Trinajstić information content (AvgIpc) is 3.34. The molecular formula is C56H36N4. The van der Waals surface area contributed by atoms with Crippen LogP contribution in [0.5, 0.6) is 0 Å². The van der Waals surface area contributed by atoms with E-state index in [-0.39, 0.29) is 0 Å². The summed E-state index contributed by atoms with van der Waals surface area (Å²) in [5.74, 6) is 0.685. The first kappa shape index (κ1) is 35.1. The Bertz CT molecular complexity index is 3350. The highest BCUT2D eigenvalue weighted by Gasteiger charge is 2.21. The zero-order valence-electron chi connectivity index (χ0n) is 32.6. The zero-order valence-corrected chi connectivity index (χ0v) is 32.6. The van der Waals surface area contributed by atoms with Gasteiger partial charge in [0.2, 0.25) is 0 Å². The van der Waals surface area contributed by atoms with Gasteiger partial charge in [0.15, 0.2) is 5.82 Å². The highest BCUT2D eigenvalue weighted by molar-refractivity contribution is 6.19. The molecule has 0 spiro atoms. The van der Waals surface area contributed by atoms with Crippen molar-refractivity contribution < 1.29 is 0 Å². The molecule has 4 nitrogen and oxygen atoms in total. The molecule has 11 aromatic rings. The number of hydrogen-bond acceptors (Lipinski definition) is 4. The Labute approximate surface area is 348 Å². The summed E-state index contributed by atoms with van der Waals surface area (Å²) >= 11 is 0. The minimum Gasteiger partial charge on any atom is -0.245 e. The topological polar surface area (TPSA) is 51.6 Å². The molecule has 0 aliphatic heterocycles. The molecule has 0 aliphatic rings. The second-order valence-electron chi connectivity index (χ2n) is 15.0. The van der Waals surface area contributed by atoms with Gasteiger partial charge >= 0.3 is 0 Å². The summed E-state index contributed by atoms with van der Waals surface area (Å²) in [6.07, 6.45) is 0. The predicted octanol–water partition coefficient (Wildman–Crippen LogP) is 14.4. The lowest BCUT2D eigenvalue weighted by Crippen LogP contribution is -1.97. The van der Waals surface area contributed by atoms with Gasteiger partial charge in [0.25, 0.3) is 0 Å². The first-order valence-corrected chi connectivity index (χ1v) is 20.2. The smallest absolute Gasteiger partial charge is 0.160 e. The zero-order chi connectivity index (χ0) is 39.8. The van der Waals surface area contributed by atoms with Crippen LogP contribution in [0, 0.1) is 0 Å². The maximum Gasteiger partial charge on any atom is 0.160 e. The van der Waals surface area contributed by atoms with E-state index in [9.17, 15) is 0 Å². The van der Waals surface area contributed by atoms with Gasteiger partial charge in [-0.15, -0.1) is 0 Å². The van der Waals surface area contributed by atoms with Gasteiger partial charge in [0, 0.05) is 38.4 Å². The van der Waals surface area contributed by atoms with Gasteiger partial charge in [-0.05, 0) is 75.8 Å². The number of aromatic nitrogens is 4. The molecule has 0 amide bonds. The van der Waals surface area contributed by atoms with Crippen LogP contribution in [0.25, 0.3) is 111 Å². The van der Waals surface area contributed by atoms with E-state index >= 15 is 0 Å². The first-order chi connectivity index (χ1) is 29.7. The lowest BCUT2D eigenvalue weighted by molar-refractivity contribution is 1.23. The summed E-state index contributed by atoms with van der Waals surface area (Å²) < 4.78 is 0. The van der Waals surface area contributed by atoms with Gasteiger partial charge in [-0.2, -0.15) is 0 Å². The number of rotatable bonds is 7. The number of para-hydroxylation sites is 1. The molecule has 0 unspecified atom stereocenters. The number of nitrogens with zero attached hydrogens (tertiary/aromatic N) is 4. The van der Waals surface area contributed by atoms with Crippen molar-refractivity contribution in [3.05, 3.63) is 218 Å². The molecule has 8 aromatic carbocycles. The second kappa shape index (κ2) is 15.0. The fourth-order valence-electron chi connectivity index (χ4n) is 8.41. The van der Waals surface area contributed by atoms with Crippen LogP contribution in [0.2, 0.25) is 0 Å². The molecule has 11 rings (SSSR count). The van der Waals surface area contributed by atoms with Crippen LogP contribution < -0.4 is 0 Å². The molecule has 3 heterocycles. The molecule has 0 fully saturated rings. The maximum absolute atomic E-state index is 5.53. The maximum atomic E-state index is 5.53. The van der Waals surface area contributed by atoms with E-state index in [0.29, 0.717) is 5.82 Å². The van der Waals surface area contributed by atoms with Crippen LogP contribution in [-0.2, 0) is 0 Å². The van der Waals surface area contributed by atoms with Crippen molar-refractivity contribution in [3.63, 3.8) is 0 Å². The van der Waals surface area contributed by atoms with Crippen LogP contribution in [0.15, 0.2) is 218 Å². The quantitative estimate of drug-likeness (QED) is 0.152. The molecule has 0 bridgehead atoms. The van der Waals surface area contributed by atoms with Gasteiger partial charge in [-0.1, -0.05) is 176 Å². The standard InChI is InChI=1S/C56H36N4/c1-5-17-37(18-6-1)41-25-15-28-44(35-41)56-59-50-30-14-13-29-45(50)53(60-56)43-27-16-26-42(36-43)49-34-32-47-52(40-23-11-4-12-24-40)51(39-21-9-3-10-22-39)46-31-33-48(38-19-7-2-8-20-38)57-54(46)55(47)58-49/h1-36H. The summed E-state index contributed by atoms with van der Waals surface area (Å²) in [7, 11) is 0. The van der Waals surface area contributed by atoms with Gasteiger partial charge in [0.1, 0.15) is 0 Å². The third kappa shape index (κ3) is 6.37. The lowest BCUT2D eigenvalue weighted by Gasteiger charge is -2.19. The number of fused-ring (bicyclic) bond motifs is 4. The van der Waals surface area contributed by atoms with Crippen molar-refractivity contribution in [2.24, 2.45) is 0 Å². The van der Waals surface area contributed by atoms with Crippen molar-refractivity contribution in [2.75, 3.05) is 0 Å². The lowest BCUT2D eigenvalue weighted by atomic mass is 9.87. The van der Waals surface area contributed by atoms with E-state index in [4.69, 9.17) is 19.9 Å². The van der Waals surface area contributed by atoms with E-state index in [1.165, 1.54) is 0 Å². The summed E-state index contributed by atoms with van der Waals surface area (Å²) in [4.78, 5) is 21.3. The SMILES string of the molecule is c1ccc(-c2cccc(-c3nc(-c4cccc(-c5ccc6c(-c7ccccc7)c(-c7ccccc7)c7ccc(-c8ccccc8)nc7c6n5)c4)c4ccccc4n3)c2)cc1. The Morgan fingerprint density at radius 3 is 1.32 bits per heavy atom. The van der Waals surface area contributed by atoms with Gasteiger partial charge in [0.05, 0.1) is 33.6 Å². The van der Waals surface area contributed by atoms with E-state index in [1.54, 1.807) is 0 Å². The highest BCUT2D eigenvalue weighted by atomic mass is 14.9. The van der Waals surface area contributed by atoms with Crippen LogP contribution in [0.4, 0.5) is 0 Å². The van der Waals surface area contributed by atoms with Crippen LogP contribution in [0.3, 0.4) is 0 Å². The molecule has 0 aliphatic carbocycles. The highest BCUT2D eigenvalue weighted by Crippen LogP contribution is 2.45. The van der Waals surface area contributed by atoms with Gasteiger partial charge in [-0.3, -0.25) is 0 Å². The van der Waals surface area contributed by atoms with Crippen molar-refractivity contribution in [1.29, 1.82) is 0 Å². The predicted molar refractivity (Wildman–Crippen MR) is 248 cm³/mol. The van der Waals surface area contributed by atoms with Crippen LogP contribution >= 0.6 is 0 Å². The molecule has 60 heavy (non-hydrogen) atoms. The van der Waals surface area contributed by atoms with E-state index in [2.05, 4.69) is 200 Å². The minimum atomic E-state index is 0.685. The number of hydrogen-bond donors (Lipinski definition) is 0. The molecule has 0 N–H and O–H groups in total. The molecule has 0 radical (unpaired) electrons. The molecule has 3 aromatic heterocycles. The third-order valence-corrected chi connectivity index (χ3v) is 11.3. The van der Waals surface area contributed by atoms with Crippen molar-refractivity contribution >= 4 is 32.7 Å². The summed E-state index contributed by atoms with van der Waals surface area (Å²) in [5.41, 5.74) is 16.1. The molecule has 0 atom stereocenters. The molecule has 280 valence electrons. The Morgan fingerprint density at radius 1 is 0.250 bits per heavy atom. The molecule has 0 saturated heterocycles.